The molecule has 4 N–H and O–H groups in total. The summed E-state index contributed by atoms with van der Waals surface area (Å²) in [5, 5.41) is 28.3. The highest BCUT2D eigenvalue weighted by molar-refractivity contribution is 6.53. The van der Waals surface area contributed by atoms with Crippen LogP contribution < -0.4 is 26.5 Å². The molecule has 4 aromatic rings. The number of ketones is 1. The lowest BCUT2D eigenvalue weighted by atomic mass is 9.47. The van der Waals surface area contributed by atoms with E-state index in [0.29, 0.717) is 84.5 Å². The Hall–Kier alpha value is -6.42. The van der Waals surface area contributed by atoms with Crippen LogP contribution in [0.1, 0.15) is 178 Å². The van der Waals surface area contributed by atoms with Gasteiger partial charge in [-0.2, -0.15) is 0 Å². The van der Waals surface area contributed by atoms with E-state index in [9.17, 15) is 19.5 Å². The van der Waals surface area contributed by atoms with Gasteiger partial charge in [0.05, 0.1) is 40.5 Å². The second-order valence-electron chi connectivity index (χ2n) is 29.2. The third-order valence-corrected chi connectivity index (χ3v) is 23.3. The van der Waals surface area contributed by atoms with E-state index in [4.69, 9.17) is 14.5 Å². The summed E-state index contributed by atoms with van der Waals surface area (Å²) in [5.74, 6) is 2.37. The monoisotopic (exact) mass is 1130 g/mol. The summed E-state index contributed by atoms with van der Waals surface area (Å²) in [6, 6.07) is 20.0. The van der Waals surface area contributed by atoms with Gasteiger partial charge in [-0.25, -0.2) is 0 Å². The summed E-state index contributed by atoms with van der Waals surface area (Å²) in [5.41, 5.74) is 8.22. The number of esters is 2. The Kier molecular flexibility index (Phi) is 13.9. The van der Waals surface area contributed by atoms with Crippen LogP contribution in [0.2, 0.25) is 0 Å². The van der Waals surface area contributed by atoms with E-state index in [1.165, 1.54) is 24.0 Å². The fraction of sp³-hybridized carbons (Fsp3) is 0.541. The number of aliphatic hydroxyl groups is 1. The molecule has 0 radical (unpaired) electrons. The van der Waals surface area contributed by atoms with Gasteiger partial charge in [0.2, 0.25) is 5.78 Å². The topological polar surface area (TPSA) is 138 Å². The first-order valence-corrected chi connectivity index (χ1v) is 32.3. The van der Waals surface area contributed by atoms with Crippen LogP contribution >= 0.6 is 0 Å². The molecule has 0 bridgehead atoms. The van der Waals surface area contributed by atoms with Gasteiger partial charge in [0.15, 0.2) is 0 Å². The Balaban J connectivity index is 0.668. The van der Waals surface area contributed by atoms with Crippen molar-refractivity contribution in [2.45, 2.75) is 183 Å². The number of ether oxygens (including phenoxy) is 2. The third-order valence-electron chi connectivity index (χ3n) is 23.3. The van der Waals surface area contributed by atoms with Crippen molar-refractivity contribution >= 4 is 67.5 Å². The number of benzene rings is 4. The maximum absolute atomic E-state index is 14.5. The predicted octanol–water partition coefficient (Wildman–Crippen LogP) is 15.9. The minimum Gasteiger partial charge on any atom is -0.506 e. The largest absolute Gasteiger partial charge is 0.506 e. The van der Waals surface area contributed by atoms with Crippen molar-refractivity contribution in [3.8, 4) is 0 Å². The van der Waals surface area contributed by atoms with Crippen molar-refractivity contribution < 1.29 is 29.0 Å². The average Bonchev–Trinajstić information content (AvgIpc) is 1.13. The molecule has 2 saturated carbocycles. The zero-order valence-electron chi connectivity index (χ0n) is 51.7. The average molecular weight is 1130 g/mol. The number of allylic oxidation sites excluding steroid dienone is 10. The molecule has 84 heavy (non-hydrogen) atoms. The molecule has 0 aromatic heterocycles. The zero-order valence-corrected chi connectivity index (χ0v) is 51.7. The summed E-state index contributed by atoms with van der Waals surface area (Å²) in [7, 11) is 0. The van der Waals surface area contributed by atoms with E-state index in [-0.39, 0.29) is 46.1 Å². The van der Waals surface area contributed by atoms with Crippen LogP contribution in [0.5, 0.6) is 0 Å². The lowest BCUT2D eigenvalue weighted by molar-refractivity contribution is -0.170. The fourth-order valence-electron chi connectivity index (χ4n) is 18.7. The Morgan fingerprint density at radius 1 is 0.631 bits per heavy atom. The standard InChI is InChI=1S/C74H90N4O6/c1-43(2)45-21-27-53-47(41-45)23-31-59-69(53,5)33-13-35-71(59,7)67(81)83-39-15-37-73(9)75-55-19-11-17-49-51(25-29-57(77-73)61(49)55)63-65(79)64(66(63)80)52-26-30-58-62-50(52)18-12-20-56(62)76-74(10,78-58)38-16-40-84-68(82)72(8)36-14-34-70(6)54-28-22-46(44(3)4)42-48(54)24-32-60(70)72/h11-12,17-20,23-26,29-30,41-44,53-54,59-60,75-77,79H,13-16,21-22,27-28,31-40H2,1-10H3. The van der Waals surface area contributed by atoms with Crippen LogP contribution in [0, 0.1) is 57.2 Å². The first-order valence-electron chi connectivity index (χ1n) is 32.3. The second-order valence-corrected chi connectivity index (χ2v) is 29.2. The second kappa shape index (κ2) is 20.6. The molecular formula is C74H90N4O6. The van der Waals surface area contributed by atoms with Crippen molar-refractivity contribution in [1.29, 1.82) is 0 Å². The first kappa shape index (κ1) is 56.7. The van der Waals surface area contributed by atoms with Crippen LogP contribution in [-0.4, -0.2) is 47.4 Å². The maximum Gasteiger partial charge on any atom is 0.312 e. The Labute approximate surface area is 497 Å². The number of carbonyl (C=O) groups is 3. The van der Waals surface area contributed by atoms with Gasteiger partial charge in [-0.1, -0.05) is 126 Å². The highest BCUT2D eigenvalue weighted by atomic mass is 16.5. The fourth-order valence-corrected chi connectivity index (χ4v) is 18.7. The molecule has 10 unspecified atom stereocenters. The van der Waals surface area contributed by atoms with Crippen molar-refractivity contribution in [3.05, 3.63) is 129 Å². The summed E-state index contributed by atoms with van der Waals surface area (Å²) >= 11 is 0. The molecule has 10 atom stereocenters. The number of rotatable bonds is 13. The maximum atomic E-state index is 14.5. The number of carbonyl (C=O) groups excluding carboxylic acids is 3. The molecule has 7 aliphatic carbocycles. The van der Waals surface area contributed by atoms with Crippen molar-refractivity contribution in [3.63, 3.8) is 0 Å². The summed E-state index contributed by atoms with van der Waals surface area (Å²) in [6.07, 6.45) is 25.2. The predicted molar refractivity (Wildman–Crippen MR) is 339 cm³/mol. The number of nitrogens with one attached hydrogen (secondary N) is 3. The van der Waals surface area contributed by atoms with Gasteiger partial charge in [0, 0.05) is 27.8 Å². The van der Waals surface area contributed by atoms with Crippen LogP contribution in [0.4, 0.5) is 17.1 Å². The number of hydrogen-bond donors (Lipinski definition) is 4. The first-order chi connectivity index (χ1) is 40.1. The Morgan fingerprint density at radius 3 is 1.73 bits per heavy atom. The van der Waals surface area contributed by atoms with Gasteiger partial charge >= 0.3 is 11.9 Å². The number of nitrogens with zero attached hydrogens (tertiary/aromatic N) is 1. The third kappa shape index (κ3) is 9.05. The molecule has 0 spiro atoms. The zero-order chi connectivity index (χ0) is 58.9. The molecule has 10 heteroatoms. The molecule has 9 aliphatic rings. The number of aliphatic hydroxyl groups excluding tert-OH is 1. The van der Waals surface area contributed by atoms with E-state index in [2.05, 4.69) is 122 Å². The minimum absolute atomic E-state index is 0.0109. The lowest BCUT2D eigenvalue weighted by Crippen LogP contribution is -2.53. The normalized spacial score (nSPS) is 33.5. The quantitative estimate of drug-likeness (QED) is 0.0761. The van der Waals surface area contributed by atoms with Gasteiger partial charge in [0.1, 0.15) is 17.1 Å². The molecular weight excluding hydrogens is 1040 g/mol. The number of Topliss-reactive ketones (excluding diaryl/α,β-unsaturated/α-hetero) is 1. The number of anilines is 3. The van der Waals surface area contributed by atoms with Gasteiger partial charge in [-0.05, 0) is 221 Å². The highest BCUT2D eigenvalue weighted by Gasteiger charge is 2.59. The van der Waals surface area contributed by atoms with Crippen LogP contribution in [0.15, 0.2) is 118 Å². The molecule has 2 heterocycles. The molecule has 0 saturated heterocycles. The molecule has 0 amide bonds. The van der Waals surface area contributed by atoms with Gasteiger partial charge in [0.25, 0.3) is 0 Å². The van der Waals surface area contributed by atoms with E-state index >= 15 is 0 Å². The van der Waals surface area contributed by atoms with Gasteiger partial charge < -0.3 is 30.5 Å². The van der Waals surface area contributed by atoms with Crippen molar-refractivity contribution in [2.24, 2.45) is 62.2 Å². The smallest absolute Gasteiger partial charge is 0.312 e. The molecule has 2 fully saturated rings. The Bertz CT molecular complexity index is 3740. The van der Waals surface area contributed by atoms with Crippen LogP contribution in [0.25, 0.3) is 32.7 Å². The highest BCUT2D eigenvalue weighted by Crippen LogP contribution is 2.64. The van der Waals surface area contributed by atoms with Gasteiger partial charge in [-0.3, -0.25) is 19.4 Å². The van der Waals surface area contributed by atoms with Crippen LogP contribution in [-0.2, 0) is 23.9 Å². The van der Waals surface area contributed by atoms with Crippen molar-refractivity contribution in [2.75, 3.05) is 29.2 Å². The van der Waals surface area contributed by atoms with E-state index in [0.717, 1.165) is 108 Å². The van der Waals surface area contributed by atoms with E-state index in [1.54, 1.807) is 11.1 Å². The summed E-state index contributed by atoms with van der Waals surface area (Å²) in [4.78, 5) is 48.3. The van der Waals surface area contributed by atoms with Crippen LogP contribution in [0.3, 0.4) is 0 Å². The summed E-state index contributed by atoms with van der Waals surface area (Å²) < 4.78 is 12.5. The minimum atomic E-state index is -0.644. The van der Waals surface area contributed by atoms with Gasteiger partial charge in [-0.15, -0.1) is 0 Å². The number of fused-ring (bicyclic) bond motifs is 6. The molecule has 4 aromatic carbocycles. The lowest BCUT2D eigenvalue weighted by Gasteiger charge is -2.57. The SMILES string of the molecule is CC(C)C1=CC2=CCC3C(C)(C(=O)OCCCC4(C)N=c5ccc(=C6C(=O)C(c7ccc8c9c(cccc79)NC(C)(CCCOC(=O)C7(C)CCCC9(C)C%10CCC(C(C)C)=CC%10=CCC79)N8)=C6O)c6cccc(c56)N4)CCCC3(C)C2CC1. The van der Waals surface area contributed by atoms with E-state index in [1.807, 2.05) is 48.5 Å². The molecule has 2 aliphatic heterocycles. The summed E-state index contributed by atoms with van der Waals surface area (Å²) in [6.45, 7) is 23.4. The van der Waals surface area contributed by atoms with Crippen molar-refractivity contribution in [1.82, 2.24) is 0 Å². The number of hydrogen-bond acceptors (Lipinski definition) is 10. The molecule has 10 nitrogen and oxygen atoms in total. The molecule has 13 rings (SSSR count). The molecule has 442 valence electrons. The Morgan fingerprint density at radius 2 is 1.17 bits per heavy atom. The van der Waals surface area contributed by atoms with E-state index < -0.39 is 22.2 Å².